The van der Waals surface area contributed by atoms with Gasteiger partial charge in [0.1, 0.15) is 5.82 Å². The number of hydrogen-bond acceptors (Lipinski definition) is 5. The minimum Gasteiger partial charge on any atom is -0.274 e. The maximum atomic E-state index is 13.3. The predicted molar refractivity (Wildman–Crippen MR) is 134 cm³/mol. The lowest BCUT2D eigenvalue weighted by Crippen LogP contribution is -2.28. The van der Waals surface area contributed by atoms with E-state index in [1.807, 2.05) is 31.2 Å². The second-order valence-corrected chi connectivity index (χ2v) is 9.05. The first-order valence-electron chi connectivity index (χ1n) is 12.2. The number of tetrazole rings is 1. The number of aromatic amines is 1. The highest BCUT2D eigenvalue weighted by molar-refractivity contribution is 5.80. The van der Waals surface area contributed by atoms with Crippen molar-refractivity contribution in [3.8, 4) is 34.4 Å². The molecule has 35 heavy (non-hydrogen) atoms. The average Bonchev–Trinajstić information content (AvgIpc) is 3.54. The molecule has 2 heterocycles. The first-order valence-corrected chi connectivity index (χ1v) is 12.2. The minimum absolute atomic E-state index is 0.0463. The SMILES string of the molecule is CC#CCc1nn(CC2CCCCC2)c(=O)n1Cc1ccc(-c2ccccc2-c2nn[nH]n2)cc1. The summed E-state index contributed by atoms with van der Waals surface area (Å²) in [5.74, 6) is 7.83. The van der Waals surface area contributed by atoms with E-state index in [4.69, 9.17) is 0 Å². The summed E-state index contributed by atoms with van der Waals surface area (Å²) in [5.41, 5.74) is 3.98. The number of rotatable bonds is 7. The molecule has 0 radical (unpaired) electrons. The number of H-pyrrole nitrogens is 1. The van der Waals surface area contributed by atoms with E-state index in [2.05, 4.69) is 61.8 Å². The molecule has 1 fully saturated rings. The number of benzene rings is 2. The van der Waals surface area contributed by atoms with Gasteiger partial charge in [0.05, 0.1) is 13.0 Å². The van der Waals surface area contributed by atoms with Gasteiger partial charge in [-0.2, -0.15) is 10.3 Å². The van der Waals surface area contributed by atoms with Crippen LogP contribution in [0.1, 0.15) is 50.4 Å². The molecule has 0 unspecified atom stereocenters. The molecule has 0 aliphatic heterocycles. The zero-order valence-corrected chi connectivity index (χ0v) is 19.9. The van der Waals surface area contributed by atoms with E-state index in [-0.39, 0.29) is 5.69 Å². The van der Waals surface area contributed by atoms with E-state index in [0.29, 0.717) is 31.3 Å². The Morgan fingerprint density at radius 1 is 1.03 bits per heavy atom. The van der Waals surface area contributed by atoms with Crippen LogP contribution in [-0.2, 0) is 19.5 Å². The van der Waals surface area contributed by atoms with Crippen LogP contribution in [0.3, 0.4) is 0 Å². The highest BCUT2D eigenvalue weighted by Gasteiger charge is 2.19. The maximum absolute atomic E-state index is 13.3. The summed E-state index contributed by atoms with van der Waals surface area (Å²) in [6.45, 7) is 2.98. The molecule has 2 aromatic carbocycles. The molecular formula is C27H29N7O. The lowest BCUT2D eigenvalue weighted by Gasteiger charge is -2.20. The van der Waals surface area contributed by atoms with Crippen LogP contribution in [0.25, 0.3) is 22.5 Å². The van der Waals surface area contributed by atoms with Crippen LogP contribution in [0.15, 0.2) is 53.3 Å². The van der Waals surface area contributed by atoms with Crippen molar-refractivity contribution in [1.29, 1.82) is 0 Å². The fourth-order valence-electron chi connectivity index (χ4n) is 4.85. The quantitative estimate of drug-likeness (QED) is 0.413. The van der Waals surface area contributed by atoms with Gasteiger partial charge >= 0.3 is 5.69 Å². The van der Waals surface area contributed by atoms with Crippen LogP contribution in [0.2, 0.25) is 0 Å². The molecular weight excluding hydrogens is 438 g/mol. The van der Waals surface area contributed by atoms with Gasteiger partial charge in [0.25, 0.3) is 0 Å². The zero-order chi connectivity index (χ0) is 24.0. The smallest absolute Gasteiger partial charge is 0.274 e. The number of nitrogens with one attached hydrogen (secondary N) is 1. The number of nitrogens with zero attached hydrogens (tertiary/aromatic N) is 6. The van der Waals surface area contributed by atoms with Crippen LogP contribution < -0.4 is 5.69 Å². The monoisotopic (exact) mass is 467 g/mol. The first kappa shape index (κ1) is 22.8. The van der Waals surface area contributed by atoms with E-state index in [1.165, 1.54) is 32.1 Å². The standard InChI is InChI=1S/C27H29N7O/c1-2-3-13-25-30-34(19-20-9-5-4-6-10-20)27(35)33(25)18-21-14-16-22(17-15-21)23-11-7-8-12-24(23)26-28-31-32-29-26/h7-8,11-12,14-17,20H,4-6,9-10,13,18-19H2,1H3,(H,28,29,31,32). The molecule has 5 rings (SSSR count). The maximum Gasteiger partial charge on any atom is 0.346 e. The van der Waals surface area contributed by atoms with Crippen molar-refractivity contribution in [1.82, 2.24) is 35.0 Å². The van der Waals surface area contributed by atoms with Crippen LogP contribution >= 0.6 is 0 Å². The third-order valence-corrected chi connectivity index (χ3v) is 6.70. The van der Waals surface area contributed by atoms with Crippen molar-refractivity contribution in [3.63, 3.8) is 0 Å². The summed E-state index contributed by atoms with van der Waals surface area (Å²) < 4.78 is 3.44. The third-order valence-electron chi connectivity index (χ3n) is 6.70. The Kier molecular flexibility index (Phi) is 6.85. The summed E-state index contributed by atoms with van der Waals surface area (Å²) in [6.07, 6.45) is 6.62. The fourth-order valence-corrected chi connectivity index (χ4v) is 4.85. The molecule has 178 valence electrons. The van der Waals surface area contributed by atoms with E-state index < -0.39 is 0 Å². The highest BCUT2D eigenvalue weighted by Crippen LogP contribution is 2.30. The molecule has 4 aromatic rings. The Morgan fingerprint density at radius 2 is 1.80 bits per heavy atom. The molecule has 1 aliphatic rings. The van der Waals surface area contributed by atoms with Crippen LogP contribution in [0, 0.1) is 17.8 Å². The molecule has 0 atom stereocenters. The lowest BCUT2D eigenvalue weighted by atomic mass is 9.89. The molecule has 1 N–H and O–H groups in total. The summed E-state index contributed by atoms with van der Waals surface area (Å²) in [4.78, 5) is 13.3. The second kappa shape index (κ2) is 10.5. The van der Waals surface area contributed by atoms with Crippen LogP contribution in [0.5, 0.6) is 0 Å². The van der Waals surface area contributed by atoms with E-state index >= 15 is 0 Å². The largest absolute Gasteiger partial charge is 0.346 e. The van der Waals surface area contributed by atoms with Crippen molar-refractivity contribution in [2.75, 3.05) is 0 Å². The van der Waals surface area contributed by atoms with Gasteiger partial charge in [-0.15, -0.1) is 16.1 Å². The van der Waals surface area contributed by atoms with Crippen molar-refractivity contribution in [2.24, 2.45) is 5.92 Å². The Balaban J connectivity index is 1.40. The highest BCUT2D eigenvalue weighted by atomic mass is 16.2. The molecule has 0 saturated heterocycles. The van der Waals surface area contributed by atoms with Gasteiger partial charge in [0.15, 0.2) is 0 Å². The van der Waals surface area contributed by atoms with Crippen LogP contribution in [-0.4, -0.2) is 35.0 Å². The van der Waals surface area contributed by atoms with Crippen molar-refractivity contribution >= 4 is 0 Å². The average molecular weight is 468 g/mol. The fraction of sp³-hybridized carbons (Fsp3) is 0.370. The summed E-state index contributed by atoms with van der Waals surface area (Å²) in [7, 11) is 0. The normalized spacial score (nSPS) is 14.0. The van der Waals surface area contributed by atoms with Gasteiger partial charge in [-0.25, -0.2) is 9.48 Å². The molecule has 0 bridgehead atoms. The van der Waals surface area contributed by atoms with Gasteiger partial charge in [-0.3, -0.25) is 4.57 Å². The van der Waals surface area contributed by atoms with Gasteiger partial charge in [0, 0.05) is 12.1 Å². The van der Waals surface area contributed by atoms with E-state index in [9.17, 15) is 4.79 Å². The predicted octanol–water partition coefficient (Wildman–Crippen LogP) is 4.09. The van der Waals surface area contributed by atoms with Gasteiger partial charge < -0.3 is 0 Å². The molecule has 2 aromatic heterocycles. The molecule has 0 amide bonds. The molecule has 8 nitrogen and oxygen atoms in total. The Bertz CT molecular complexity index is 1380. The van der Waals surface area contributed by atoms with Gasteiger partial charge in [0.2, 0.25) is 5.82 Å². The first-order chi connectivity index (χ1) is 17.2. The van der Waals surface area contributed by atoms with Gasteiger partial charge in [-0.05, 0) is 47.6 Å². The Hall–Kier alpha value is -3.99. The third kappa shape index (κ3) is 5.09. The number of hydrogen-bond donors (Lipinski definition) is 1. The topological polar surface area (TPSA) is 94.3 Å². The molecule has 1 saturated carbocycles. The van der Waals surface area contributed by atoms with Crippen LogP contribution in [0.4, 0.5) is 0 Å². The molecule has 1 aliphatic carbocycles. The van der Waals surface area contributed by atoms with Crippen molar-refractivity contribution < 1.29 is 0 Å². The van der Waals surface area contributed by atoms with Gasteiger partial charge in [-0.1, -0.05) is 73.7 Å². The Morgan fingerprint density at radius 3 is 2.51 bits per heavy atom. The lowest BCUT2D eigenvalue weighted by molar-refractivity contribution is 0.303. The second-order valence-electron chi connectivity index (χ2n) is 9.05. The van der Waals surface area contributed by atoms with Crippen molar-refractivity contribution in [3.05, 3.63) is 70.4 Å². The van der Waals surface area contributed by atoms with E-state index in [0.717, 1.165) is 28.1 Å². The minimum atomic E-state index is -0.0463. The van der Waals surface area contributed by atoms with E-state index in [1.54, 1.807) is 9.25 Å². The zero-order valence-electron chi connectivity index (χ0n) is 19.9. The molecule has 0 spiro atoms. The van der Waals surface area contributed by atoms with Crippen molar-refractivity contribution in [2.45, 2.75) is 58.5 Å². The summed E-state index contributed by atoms with van der Waals surface area (Å²) in [6, 6.07) is 16.2. The summed E-state index contributed by atoms with van der Waals surface area (Å²) in [5, 5.41) is 19.1. The molecule has 8 heteroatoms. The summed E-state index contributed by atoms with van der Waals surface area (Å²) >= 11 is 0. The number of aromatic nitrogens is 7. The Labute approximate surface area is 204 Å².